The minimum atomic E-state index is -4.38. The van der Waals surface area contributed by atoms with E-state index in [-0.39, 0.29) is 24.7 Å². The average molecular weight is 311 g/mol. The van der Waals surface area contributed by atoms with E-state index in [9.17, 15) is 18.0 Å². The third kappa shape index (κ3) is 6.77. The molecule has 114 valence electrons. The van der Waals surface area contributed by atoms with Crippen molar-refractivity contribution < 1.29 is 18.0 Å². The summed E-state index contributed by atoms with van der Waals surface area (Å²) in [5, 5.41) is 5.67. The molecule has 1 aromatic carbocycles. The van der Waals surface area contributed by atoms with Crippen molar-refractivity contribution in [1.82, 2.24) is 10.6 Å². The summed E-state index contributed by atoms with van der Waals surface area (Å²) in [5.74, 6) is -0.280. The van der Waals surface area contributed by atoms with Gasteiger partial charge >= 0.3 is 6.18 Å². The Hall–Kier alpha value is -1.27. The highest BCUT2D eigenvalue weighted by atomic mass is 35.5. The zero-order valence-electron chi connectivity index (χ0n) is 11.1. The zero-order chi connectivity index (χ0) is 14.3. The standard InChI is InChI=1S/C13H17F3N2O.ClH/c1-2-17-6-7-18-12(19)9-10-4-3-5-11(8-10)13(14,15)16;/h3-5,8,17H,2,6-7,9H2,1H3,(H,18,19);1H. The molecule has 7 heteroatoms. The van der Waals surface area contributed by atoms with Gasteiger partial charge in [-0.15, -0.1) is 12.4 Å². The number of nitrogens with one attached hydrogen (secondary N) is 2. The van der Waals surface area contributed by atoms with Gasteiger partial charge in [-0.05, 0) is 18.2 Å². The van der Waals surface area contributed by atoms with E-state index in [0.29, 0.717) is 18.7 Å². The molecular weight excluding hydrogens is 293 g/mol. The van der Waals surface area contributed by atoms with Gasteiger partial charge in [-0.3, -0.25) is 4.79 Å². The minimum absolute atomic E-state index is 0. The molecule has 3 nitrogen and oxygen atoms in total. The Morgan fingerprint density at radius 1 is 1.25 bits per heavy atom. The molecule has 0 spiro atoms. The first kappa shape index (κ1) is 18.7. The molecule has 0 radical (unpaired) electrons. The fourth-order valence-corrected chi connectivity index (χ4v) is 1.57. The summed E-state index contributed by atoms with van der Waals surface area (Å²) in [5.41, 5.74) is -0.374. The van der Waals surface area contributed by atoms with Crippen molar-refractivity contribution in [1.29, 1.82) is 0 Å². The predicted octanol–water partition coefficient (Wildman–Crippen LogP) is 2.40. The lowest BCUT2D eigenvalue weighted by Crippen LogP contribution is -2.32. The number of amides is 1. The number of rotatable bonds is 6. The topological polar surface area (TPSA) is 41.1 Å². The second-order valence-corrected chi connectivity index (χ2v) is 4.08. The highest BCUT2D eigenvalue weighted by molar-refractivity contribution is 5.85. The van der Waals surface area contributed by atoms with Crippen molar-refractivity contribution in [3.8, 4) is 0 Å². The van der Waals surface area contributed by atoms with Crippen LogP contribution in [-0.4, -0.2) is 25.5 Å². The van der Waals surface area contributed by atoms with Crippen LogP contribution >= 0.6 is 12.4 Å². The summed E-state index contributed by atoms with van der Waals surface area (Å²) in [7, 11) is 0. The highest BCUT2D eigenvalue weighted by Crippen LogP contribution is 2.29. The molecule has 0 saturated heterocycles. The largest absolute Gasteiger partial charge is 0.416 e. The van der Waals surface area contributed by atoms with E-state index < -0.39 is 11.7 Å². The fourth-order valence-electron chi connectivity index (χ4n) is 1.57. The molecule has 0 aliphatic rings. The molecule has 0 atom stereocenters. The van der Waals surface area contributed by atoms with Crippen LogP contribution in [0.5, 0.6) is 0 Å². The Morgan fingerprint density at radius 3 is 2.55 bits per heavy atom. The van der Waals surface area contributed by atoms with E-state index in [1.807, 2.05) is 6.92 Å². The lowest BCUT2D eigenvalue weighted by molar-refractivity contribution is -0.137. The van der Waals surface area contributed by atoms with Crippen LogP contribution in [-0.2, 0) is 17.4 Å². The molecule has 0 fully saturated rings. The van der Waals surface area contributed by atoms with Crippen LogP contribution in [0.15, 0.2) is 24.3 Å². The quantitative estimate of drug-likeness (QED) is 0.792. The SMILES string of the molecule is CCNCCNC(=O)Cc1cccc(C(F)(F)F)c1.Cl. The van der Waals surface area contributed by atoms with E-state index >= 15 is 0 Å². The third-order valence-electron chi connectivity index (χ3n) is 2.49. The number of likely N-dealkylation sites (N-methyl/N-ethyl adjacent to an activating group) is 1. The first-order valence-corrected chi connectivity index (χ1v) is 6.07. The van der Waals surface area contributed by atoms with Crippen molar-refractivity contribution in [2.75, 3.05) is 19.6 Å². The van der Waals surface area contributed by atoms with Gasteiger partial charge in [0, 0.05) is 13.1 Å². The van der Waals surface area contributed by atoms with Gasteiger partial charge in [0.25, 0.3) is 0 Å². The fraction of sp³-hybridized carbons (Fsp3) is 0.462. The number of carbonyl (C=O) groups excluding carboxylic acids is 1. The molecule has 0 aliphatic carbocycles. The van der Waals surface area contributed by atoms with Gasteiger partial charge in [0.1, 0.15) is 0 Å². The zero-order valence-corrected chi connectivity index (χ0v) is 11.9. The van der Waals surface area contributed by atoms with Gasteiger partial charge in [0.15, 0.2) is 0 Å². The molecule has 1 rings (SSSR count). The molecule has 0 bridgehead atoms. The Labute approximate surface area is 122 Å². The van der Waals surface area contributed by atoms with Gasteiger partial charge in [-0.25, -0.2) is 0 Å². The van der Waals surface area contributed by atoms with Crippen molar-refractivity contribution in [3.05, 3.63) is 35.4 Å². The summed E-state index contributed by atoms with van der Waals surface area (Å²) < 4.78 is 37.5. The van der Waals surface area contributed by atoms with Crippen molar-refractivity contribution in [3.63, 3.8) is 0 Å². The van der Waals surface area contributed by atoms with Gasteiger partial charge in [0.05, 0.1) is 12.0 Å². The number of carbonyl (C=O) groups is 1. The summed E-state index contributed by atoms with van der Waals surface area (Å²) >= 11 is 0. The number of halogens is 4. The first-order valence-electron chi connectivity index (χ1n) is 6.07. The van der Waals surface area contributed by atoms with Crippen molar-refractivity contribution in [2.45, 2.75) is 19.5 Å². The predicted molar refractivity (Wildman–Crippen MR) is 73.9 cm³/mol. The maximum atomic E-state index is 12.5. The van der Waals surface area contributed by atoms with Gasteiger partial charge in [0.2, 0.25) is 5.91 Å². The second-order valence-electron chi connectivity index (χ2n) is 4.08. The van der Waals surface area contributed by atoms with Gasteiger partial charge in [-0.1, -0.05) is 25.1 Å². The van der Waals surface area contributed by atoms with E-state index in [2.05, 4.69) is 10.6 Å². The number of hydrogen-bond acceptors (Lipinski definition) is 2. The molecule has 20 heavy (non-hydrogen) atoms. The Morgan fingerprint density at radius 2 is 1.95 bits per heavy atom. The molecule has 0 aliphatic heterocycles. The maximum absolute atomic E-state index is 12.5. The van der Waals surface area contributed by atoms with Crippen LogP contribution in [0.2, 0.25) is 0 Å². The van der Waals surface area contributed by atoms with Crippen LogP contribution in [0.25, 0.3) is 0 Å². The summed E-state index contributed by atoms with van der Waals surface area (Å²) in [6, 6.07) is 4.82. The normalized spacial score (nSPS) is 10.8. The molecule has 0 unspecified atom stereocenters. The monoisotopic (exact) mass is 310 g/mol. The Balaban J connectivity index is 0.00000361. The van der Waals surface area contributed by atoms with Crippen LogP contribution in [0.1, 0.15) is 18.1 Å². The number of hydrogen-bond donors (Lipinski definition) is 2. The average Bonchev–Trinajstić information content (AvgIpc) is 2.34. The smallest absolute Gasteiger partial charge is 0.355 e. The van der Waals surface area contributed by atoms with E-state index in [4.69, 9.17) is 0 Å². The minimum Gasteiger partial charge on any atom is -0.355 e. The van der Waals surface area contributed by atoms with Crippen LogP contribution in [0.4, 0.5) is 13.2 Å². The second kappa shape index (κ2) is 8.81. The lowest BCUT2D eigenvalue weighted by atomic mass is 10.1. The number of benzene rings is 1. The third-order valence-corrected chi connectivity index (χ3v) is 2.49. The van der Waals surface area contributed by atoms with Gasteiger partial charge in [-0.2, -0.15) is 13.2 Å². The molecule has 0 aromatic heterocycles. The van der Waals surface area contributed by atoms with E-state index in [0.717, 1.165) is 18.7 Å². The van der Waals surface area contributed by atoms with Crippen LogP contribution in [0.3, 0.4) is 0 Å². The van der Waals surface area contributed by atoms with Crippen molar-refractivity contribution >= 4 is 18.3 Å². The van der Waals surface area contributed by atoms with E-state index in [1.54, 1.807) is 0 Å². The molecular formula is C13H18ClF3N2O. The first-order chi connectivity index (χ1) is 8.93. The van der Waals surface area contributed by atoms with Crippen LogP contribution < -0.4 is 10.6 Å². The van der Waals surface area contributed by atoms with Crippen molar-refractivity contribution in [2.24, 2.45) is 0 Å². The summed E-state index contributed by atoms with van der Waals surface area (Å²) in [6.07, 6.45) is -4.42. The Kier molecular flexibility index (Phi) is 8.25. The molecule has 1 aromatic rings. The molecule has 0 saturated carbocycles. The lowest BCUT2D eigenvalue weighted by Gasteiger charge is -2.09. The highest BCUT2D eigenvalue weighted by Gasteiger charge is 2.30. The Bertz CT molecular complexity index is 424. The maximum Gasteiger partial charge on any atom is 0.416 e. The molecule has 0 heterocycles. The molecule has 2 N–H and O–H groups in total. The van der Waals surface area contributed by atoms with Crippen LogP contribution in [0, 0.1) is 0 Å². The summed E-state index contributed by atoms with van der Waals surface area (Å²) in [4.78, 5) is 11.5. The summed E-state index contributed by atoms with van der Waals surface area (Å²) in [6.45, 7) is 3.87. The number of alkyl halides is 3. The van der Waals surface area contributed by atoms with Gasteiger partial charge < -0.3 is 10.6 Å². The van der Waals surface area contributed by atoms with E-state index in [1.165, 1.54) is 12.1 Å². The molecule has 1 amide bonds.